The van der Waals surface area contributed by atoms with Gasteiger partial charge in [-0.25, -0.2) is 8.42 Å². The van der Waals surface area contributed by atoms with Gasteiger partial charge in [0.2, 0.25) is 11.1 Å². The normalized spacial score (nSPS) is 17.5. The van der Waals surface area contributed by atoms with E-state index in [1.807, 2.05) is 29.6 Å². The van der Waals surface area contributed by atoms with Crippen LogP contribution in [0.4, 0.5) is 0 Å². The highest BCUT2D eigenvalue weighted by molar-refractivity contribution is 7.99. The number of carbonyl (C=O) groups excluding carboxylic acids is 1. The lowest BCUT2D eigenvalue weighted by atomic mass is 10.2. The molecule has 31 heavy (non-hydrogen) atoms. The van der Waals surface area contributed by atoms with Gasteiger partial charge in [0.15, 0.2) is 9.84 Å². The Kier molecular flexibility index (Phi) is 6.58. The molecule has 2 aromatic heterocycles. The first kappa shape index (κ1) is 21.8. The van der Waals surface area contributed by atoms with Crippen molar-refractivity contribution in [1.29, 1.82) is 0 Å². The van der Waals surface area contributed by atoms with Gasteiger partial charge >= 0.3 is 0 Å². The van der Waals surface area contributed by atoms with Crippen LogP contribution < -0.4 is 4.74 Å². The summed E-state index contributed by atoms with van der Waals surface area (Å²) in [5.41, 5.74) is 0.748. The smallest absolute Gasteiger partial charge is 0.233 e. The SMILES string of the molecule is COc1ccc(-n2nnnc2SCC(=O)N(Cc2cccs2)[C@H]2CCS(=O)(=O)C2)cc1. The number of benzene rings is 1. The van der Waals surface area contributed by atoms with Crippen molar-refractivity contribution in [2.45, 2.75) is 24.2 Å². The van der Waals surface area contributed by atoms with Gasteiger partial charge in [-0.2, -0.15) is 4.68 Å². The minimum absolute atomic E-state index is 0.0123. The Hall–Kier alpha value is -2.44. The molecule has 4 rings (SSSR count). The number of aromatic nitrogens is 4. The Labute approximate surface area is 188 Å². The van der Waals surface area contributed by atoms with E-state index in [2.05, 4.69) is 15.5 Å². The fourth-order valence-electron chi connectivity index (χ4n) is 3.38. The maximum absolute atomic E-state index is 13.1. The number of thiophene rings is 1. The number of nitrogens with zero attached hydrogens (tertiary/aromatic N) is 5. The van der Waals surface area contributed by atoms with Crippen LogP contribution in [0, 0.1) is 0 Å². The molecule has 1 aliphatic rings. The van der Waals surface area contributed by atoms with Crippen LogP contribution in [-0.4, -0.2) is 69.8 Å². The van der Waals surface area contributed by atoms with Gasteiger partial charge in [0.25, 0.3) is 0 Å². The van der Waals surface area contributed by atoms with E-state index in [1.165, 1.54) is 11.8 Å². The van der Waals surface area contributed by atoms with Crippen LogP contribution in [0.25, 0.3) is 5.69 Å². The molecule has 1 atom stereocenters. The molecule has 12 heteroatoms. The number of rotatable bonds is 8. The van der Waals surface area contributed by atoms with E-state index in [-0.39, 0.29) is 29.2 Å². The van der Waals surface area contributed by atoms with Crippen LogP contribution in [0.1, 0.15) is 11.3 Å². The summed E-state index contributed by atoms with van der Waals surface area (Å²) in [7, 11) is -1.51. The fourth-order valence-corrected chi connectivity index (χ4v) is 6.59. The van der Waals surface area contributed by atoms with Crippen LogP contribution in [0.5, 0.6) is 5.75 Å². The minimum atomic E-state index is -3.10. The number of amides is 1. The van der Waals surface area contributed by atoms with Crippen LogP contribution in [0.2, 0.25) is 0 Å². The largest absolute Gasteiger partial charge is 0.497 e. The minimum Gasteiger partial charge on any atom is -0.497 e. The Bertz CT molecular complexity index is 1130. The molecule has 9 nitrogen and oxygen atoms in total. The maximum atomic E-state index is 13.1. The van der Waals surface area contributed by atoms with E-state index >= 15 is 0 Å². The topological polar surface area (TPSA) is 107 Å². The summed E-state index contributed by atoms with van der Waals surface area (Å²) in [5.74, 6) is 0.827. The number of ether oxygens (including phenoxy) is 1. The lowest BCUT2D eigenvalue weighted by molar-refractivity contribution is -0.130. The number of thioether (sulfide) groups is 1. The van der Waals surface area contributed by atoms with Crippen LogP contribution in [0.3, 0.4) is 0 Å². The molecule has 3 heterocycles. The van der Waals surface area contributed by atoms with Gasteiger partial charge in [-0.15, -0.1) is 16.4 Å². The zero-order valence-electron chi connectivity index (χ0n) is 16.7. The zero-order chi connectivity index (χ0) is 21.8. The molecule has 1 aromatic carbocycles. The van der Waals surface area contributed by atoms with E-state index in [1.54, 1.807) is 40.2 Å². The standard InChI is InChI=1S/C19H21N5O4S3/c1-28-16-6-4-14(5-7-16)24-19(20-21-22-24)30-12-18(25)23(11-17-3-2-9-29-17)15-8-10-31(26,27)13-15/h2-7,9,15H,8,10-13H2,1H3/t15-/m0/s1. The average molecular weight is 480 g/mol. The number of methoxy groups -OCH3 is 1. The molecule has 0 radical (unpaired) electrons. The van der Waals surface area contributed by atoms with Gasteiger partial charge in [-0.05, 0) is 52.6 Å². The lowest BCUT2D eigenvalue weighted by Crippen LogP contribution is -2.41. The van der Waals surface area contributed by atoms with Crippen molar-refractivity contribution in [3.63, 3.8) is 0 Å². The fraction of sp³-hybridized carbons (Fsp3) is 0.368. The summed E-state index contributed by atoms with van der Waals surface area (Å²) in [5, 5.41) is 14.2. The number of tetrazole rings is 1. The van der Waals surface area contributed by atoms with E-state index < -0.39 is 9.84 Å². The summed E-state index contributed by atoms with van der Waals surface area (Å²) < 4.78 is 30.7. The summed E-state index contributed by atoms with van der Waals surface area (Å²) >= 11 is 2.77. The van der Waals surface area contributed by atoms with Crippen molar-refractivity contribution >= 4 is 38.8 Å². The molecule has 0 spiro atoms. The van der Waals surface area contributed by atoms with Gasteiger partial charge in [-0.1, -0.05) is 17.8 Å². The van der Waals surface area contributed by atoms with Crippen molar-refractivity contribution in [3.8, 4) is 11.4 Å². The van der Waals surface area contributed by atoms with Crippen molar-refractivity contribution in [1.82, 2.24) is 25.1 Å². The van der Waals surface area contributed by atoms with Crippen molar-refractivity contribution < 1.29 is 17.9 Å². The van der Waals surface area contributed by atoms with E-state index in [0.29, 0.717) is 18.1 Å². The Morgan fingerprint density at radius 3 is 2.77 bits per heavy atom. The number of carbonyl (C=O) groups is 1. The first-order valence-electron chi connectivity index (χ1n) is 9.53. The second-order valence-electron chi connectivity index (χ2n) is 7.02. The third kappa shape index (κ3) is 5.25. The van der Waals surface area contributed by atoms with E-state index in [9.17, 15) is 13.2 Å². The molecule has 1 amide bonds. The molecule has 1 saturated heterocycles. The van der Waals surface area contributed by atoms with Gasteiger partial charge in [-0.3, -0.25) is 4.79 Å². The summed E-state index contributed by atoms with van der Waals surface area (Å²) in [6, 6.07) is 10.8. The molecule has 0 aliphatic carbocycles. The number of hydrogen-bond acceptors (Lipinski definition) is 9. The van der Waals surface area contributed by atoms with E-state index in [4.69, 9.17) is 4.74 Å². The molecular weight excluding hydrogens is 458 g/mol. The van der Waals surface area contributed by atoms with Crippen LogP contribution in [0.15, 0.2) is 46.9 Å². The predicted molar refractivity (Wildman–Crippen MR) is 118 cm³/mol. The van der Waals surface area contributed by atoms with Gasteiger partial charge in [0.05, 0.1) is 36.6 Å². The Morgan fingerprint density at radius 2 is 2.13 bits per heavy atom. The lowest BCUT2D eigenvalue weighted by Gasteiger charge is -2.27. The third-order valence-electron chi connectivity index (χ3n) is 4.96. The summed E-state index contributed by atoms with van der Waals surface area (Å²) in [6.07, 6.45) is 0.466. The van der Waals surface area contributed by atoms with Gasteiger partial charge in [0.1, 0.15) is 5.75 Å². The van der Waals surface area contributed by atoms with Crippen molar-refractivity contribution in [3.05, 3.63) is 46.7 Å². The summed E-state index contributed by atoms with van der Waals surface area (Å²) in [6.45, 7) is 0.403. The monoisotopic (exact) mass is 479 g/mol. The van der Waals surface area contributed by atoms with Crippen molar-refractivity contribution in [2.75, 3.05) is 24.4 Å². The second-order valence-corrected chi connectivity index (χ2v) is 11.2. The Morgan fingerprint density at radius 1 is 1.32 bits per heavy atom. The second kappa shape index (κ2) is 9.37. The van der Waals surface area contributed by atoms with E-state index in [0.717, 1.165) is 16.3 Å². The predicted octanol–water partition coefficient (Wildman–Crippen LogP) is 2.04. The Balaban J connectivity index is 1.47. The molecule has 164 valence electrons. The van der Waals surface area contributed by atoms with Crippen LogP contribution in [-0.2, 0) is 21.2 Å². The molecule has 0 unspecified atom stereocenters. The molecular formula is C19H21N5O4S3. The first-order chi connectivity index (χ1) is 14.9. The summed E-state index contributed by atoms with van der Waals surface area (Å²) in [4.78, 5) is 15.8. The highest BCUT2D eigenvalue weighted by Gasteiger charge is 2.35. The molecule has 3 aromatic rings. The highest BCUT2D eigenvalue weighted by Crippen LogP contribution is 2.25. The van der Waals surface area contributed by atoms with Crippen LogP contribution >= 0.6 is 23.1 Å². The third-order valence-corrected chi connectivity index (χ3v) is 8.47. The van der Waals surface area contributed by atoms with Gasteiger partial charge in [0, 0.05) is 10.9 Å². The molecule has 0 saturated carbocycles. The number of sulfone groups is 1. The molecule has 0 bridgehead atoms. The molecule has 1 aliphatic heterocycles. The number of hydrogen-bond donors (Lipinski definition) is 0. The first-order valence-corrected chi connectivity index (χ1v) is 13.2. The maximum Gasteiger partial charge on any atom is 0.233 e. The molecule has 1 fully saturated rings. The zero-order valence-corrected chi connectivity index (χ0v) is 19.2. The quantitative estimate of drug-likeness (QED) is 0.452. The van der Waals surface area contributed by atoms with Crippen molar-refractivity contribution in [2.24, 2.45) is 0 Å². The van der Waals surface area contributed by atoms with Gasteiger partial charge < -0.3 is 9.64 Å². The molecule has 0 N–H and O–H groups in total. The highest BCUT2D eigenvalue weighted by atomic mass is 32.2. The average Bonchev–Trinajstić information content (AvgIpc) is 3.51.